The van der Waals surface area contributed by atoms with Gasteiger partial charge in [-0.15, -0.1) is 24.0 Å². The second kappa shape index (κ2) is 8.34. The van der Waals surface area contributed by atoms with Crippen molar-refractivity contribution < 1.29 is 0 Å². The third-order valence-electron chi connectivity index (χ3n) is 3.80. The van der Waals surface area contributed by atoms with Gasteiger partial charge in [0.1, 0.15) is 0 Å². The Hall–Kier alpha value is -0.980. The maximum absolute atomic E-state index is 5.61. The van der Waals surface area contributed by atoms with Crippen molar-refractivity contribution in [2.45, 2.75) is 26.3 Å². The fourth-order valence-electron chi connectivity index (χ4n) is 2.36. The lowest BCUT2D eigenvalue weighted by Gasteiger charge is -2.32. The summed E-state index contributed by atoms with van der Waals surface area (Å²) in [5.41, 5.74) is 8.16. The van der Waals surface area contributed by atoms with E-state index in [2.05, 4.69) is 46.4 Å². The average Bonchev–Trinajstić information content (AvgIpc) is 2.46. The molecule has 1 aliphatic heterocycles. The van der Waals surface area contributed by atoms with Crippen molar-refractivity contribution in [3.8, 4) is 0 Å². The van der Waals surface area contributed by atoms with Gasteiger partial charge in [-0.05, 0) is 36.5 Å². The molecule has 1 fully saturated rings. The minimum absolute atomic E-state index is 0. The predicted molar refractivity (Wildman–Crippen MR) is 96.9 cm³/mol. The fraction of sp³-hybridized carbons (Fsp3) is 0.533. The van der Waals surface area contributed by atoms with Gasteiger partial charge < -0.3 is 16.0 Å². The largest absolute Gasteiger partial charge is 0.372 e. The zero-order valence-corrected chi connectivity index (χ0v) is 14.6. The van der Waals surface area contributed by atoms with Crippen molar-refractivity contribution in [1.82, 2.24) is 5.32 Å². The van der Waals surface area contributed by atoms with Crippen molar-refractivity contribution in [3.05, 3.63) is 29.8 Å². The van der Waals surface area contributed by atoms with Gasteiger partial charge in [0.15, 0.2) is 5.96 Å². The lowest BCUT2D eigenvalue weighted by Crippen LogP contribution is -2.32. The molecule has 0 radical (unpaired) electrons. The van der Waals surface area contributed by atoms with E-state index >= 15 is 0 Å². The van der Waals surface area contributed by atoms with E-state index < -0.39 is 0 Å². The summed E-state index contributed by atoms with van der Waals surface area (Å²) >= 11 is 0. The van der Waals surface area contributed by atoms with Gasteiger partial charge in [0.25, 0.3) is 0 Å². The molecule has 0 bridgehead atoms. The molecule has 0 aromatic heterocycles. The number of guanidine groups is 1. The third-order valence-corrected chi connectivity index (χ3v) is 3.80. The van der Waals surface area contributed by atoms with E-state index in [1.165, 1.54) is 37.2 Å². The van der Waals surface area contributed by atoms with Crippen LogP contribution in [-0.2, 0) is 6.54 Å². The number of aliphatic imine (C=N–C) groups is 1. The molecular formula is C15H25IN4. The zero-order valence-electron chi connectivity index (χ0n) is 12.3. The van der Waals surface area contributed by atoms with Crippen LogP contribution < -0.4 is 16.0 Å². The van der Waals surface area contributed by atoms with E-state index in [0.29, 0.717) is 5.96 Å². The van der Waals surface area contributed by atoms with Crippen molar-refractivity contribution >= 4 is 35.6 Å². The van der Waals surface area contributed by atoms with Crippen molar-refractivity contribution in [3.63, 3.8) is 0 Å². The number of hydrogen-bond donors (Lipinski definition) is 2. The van der Waals surface area contributed by atoms with Gasteiger partial charge in [0, 0.05) is 32.4 Å². The molecule has 4 nitrogen and oxygen atoms in total. The fourth-order valence-corrected chi connectivity index (χ4v) is 2.36. The lowest BCUT2D eigenvalue weighted by atomic mass is 9.99. The topological polar surface area (TPSA) is 53.6 Å². The Morgan fingerprint density at radius 2 is 1.90 bits per heavy atom. The Balaban J connectivity index is 0.00000200. The Kier molecular flexibility index (Phi) is 7.12. The molecule has 1 aromatic carbocycles. The van der Waals surface area contributed by atoms with Crippen molar-refractivity contribution in [2.24, 2.45) is 16.6 Å². The van der Waals surface area contributed by atoms with Gasteiger partial charge in [-0.2, -0.15) is 0 Å². The standard InChI is InChI=1S/C15H24N4.HI/c1-12-7-9-19(10-8-12)14-5-3-13(4-6-14)11-18-15(16)17-2;/h3-6,12H,7-11H2,1-2H3,(H3,16,17,18);1H. The Bertz CT molecular complexity index is 422. The van der Waals surface area contributed by atoms with Crippen LogP contribution in [0.15, 0.2) is 29.3 Å². The summed E-state index contributed by atoms with van der Waals surface area (Å²) in [6.45, 7) is 5.41. The van der Waals surface area contributed by atoms with Gasteiger partial charge in [0.05, 0.1) is 0 Å². The van der Waals surface area contributed by atoms with E-state index in [1.54, 1.807) is 7.05 Å². The highest BCUT2D eigenvalue weighted by Crippen LogP contribution is 2.23. The normalized spacial score (nSPS) is 16.7. The van der Waals surface area contributed by atoms with Crippen LogP contribution in [0.3, 0.4) is 0 Å². The van der Waals surface area contributed by atoms with Gasteiger partial charge >= 0.3 is 0 Å². The molecule has 0 amide bonds. The van der Waals surface area contributed by atoms with Crippen LogP contribution in [0, 0.1) is 5.92 Å². The van der Waals surface area contributed by atoms with E-state index in [0.717, 1.165) is 12.5 Å². The molecule has 5 heteroatoms. The van der Waals surface area contributed by atoms with Crippen LogP contribution in [0.2, 0.25) is 0 Å². The summed E-state index contributed by atoms with van der Waals surface area (Å²) in [7, 11) is 1.68. The Morgan fingerprint density at radius 1 is 1.30 bits per heavy atom. The molecule has 2 rings (SSSR count). The first-order valence-corrected chi connectivity index (χ1v) is 6.99. The smallest absolute Gasteiger partial charge is 0.188 e. The predicted octanol–water partition coefficient (Wildman–Crippen LogP) is 2.58. The summed E-state index contributed by atoms with van der Waals surface area (Å²) in [4.78, 5) is 6.35. The van der Waals surface area contributed by atoms with Crippen LogP contribution >= 0.6 is 24.0 Å². The number of nitrogens with two attached hydrogens (primary N) is 1. The van der Waals surface area contributed by atoms with Crippen molar-refractivity contribution in [1.29, 1.82) is 0 Å². The van der Waals surface area contributed by atoms with Crippen LogP contribution in [-0.4, -0.2) is 26.1 Å². The molecule has 1 saturated heterocycles. The molecule has 1 aliphatic rings. The maximum Gasteiger partial charge on any atom is 0.188 e. The molecule has 0 aliphatic carbocycles. The Morgan fingerprint density at radius 3 is 2.45 bits per heavy atom. The minimum Gasteiger partial charge on any atom is -0.372 e. The number of halogens is 1. The monoisotopic (exact) mass is 388 g/mol. The molecule has 3 N–H and O–H groups in total. The number of hydrogen-bond acceptors (Lipinski definition) is 2. The van der Waals surface area contributed by atoms with Gasteiger partial charge in [-0.1, -0.05) is 19.1 Å². The lowest BCUT2D eigenvalue weighted by molar-refractivity contribution is 0.438. The second-order valence-electron chi connectivity index (χ2n) is 5.30. The highest BCUT2D eigenvalue weighted by Gasteiger charge is 2.15. The zero-order chi connectivity index (χ0) is 13.7. The first kappa shape index (κ1) is 17.1. The molecule has 112 valence electrons. The maximum atomic E-state index is 5.61. The van der Waals surface area contributed by atoms with Crippen molar-refractivity contribution in [2.75, 3.05) is 25.0 Å². The molecule has 0 unspecified atom stereocenters. The van der Waals surface area contributed by atoms with E-state index in [9.17, 15) is 0 Å². The number of rotatable bonds is 3. The molecule has 0 spiro atoms. The van der Waals surface area contributed by atoms with Crippen LogP contribution in [0.5, 0.6) is 0 Å². The average molecular weight is 388 g/mol. The highest BCUT2D eigenvalue weighted by molar-refractivity contribution is 14.0. The summed E-state index contributed by atoms with van der Waals surface area (Å²) in [6.07, 6.45) is 2.60. The summed E-state index contributed by atoms with van der Waals surface area (Å²) in [6, 6.07) is 8.71. The SMILES string of the molecule is CN=C(N)NCc1ccc(N2CCC(C)CC2)cc1.I. The molecule has 1 heterocycles. The van der Waals surface area contributed by atoms with Crippen LogP contribution in [0.1, 0.15) is 25.3 Å². The van der Waals surface area contributed by atoms with E-state index in [4.69, 9.17) is 5.73 Å². The minimum atomic E-state index is 0. The Labute approximate surface area is 138 Å². The number of anilines is 1. The van der Waals surface area contributed by atoms with Crippen LogP contribution in [0.25, 0.3) is 0 Å². The number of benzene rings is 1. The van der Waals surface area contributed by atoms with E-state index in [-0.39, 0.29) is 24.0 Å². The highest BCUT2D eigenvalue weighted by atomic mass is 127. The van der Waals surface area contributed by atoms with Crippen LogP contribution in [0.4, 0.5) is 5.69 Å². The number of nitrogens with one attached hydrogen (secondary N) is 1. The quantitative estimate of drug-likeness (QED) is 0.476. The van der Waals surface area contributed by atoms with Gasteiger partial charge in [0.2, 0.25) is 0 Å². The van der Waals surface area contributed by atoms with E-state index in [1.807, 2.05) is 0 Å². The van der Waals surface area contributed by atoms with Gasteiger partial charge in [-0.3, -0.25) is 4.99 Å². The molecule has 20 heavy (non-hydrogen) atoms. The number of piperidine rings is 1. The molecular weight excluding hydrogens is 363 g/mol. The third kappa shape index (κ3) is 4.85. The second-order valence-corrected chi connectivity index (χ2v) is 5.30. The first-order chi connectivity index (χ1) is 9.19. The van der Waals surface area contributed by atoms with Gasteiger partial charge in [-0.25, -0.2) is 0 Å². The first-order valence-electron chi connectivity index (χ1n) is 6.99. The summed E-state index contributed by atoms with van der Waals surface area (Å²) in [5, 5.41) is 3.07. The molecule has 1 aromatic rings. The molecule has 0 atom stereocenters. The summed E-state index contributed by atoms with van der Waals surface area (Å²) < 4.78 is 0. The number of nitrogens with zero attached hydrogens (tertiary/aromatic N) is 2. The molecule has 0 saturated carbocycles. The summed E-state index contributed by atoms with van der Waals surface area (Å²) in [5.74, 6) is 1.35.